The SMILES string of the molecule is CC1CNC(Cc2ccccc2)CN1C1CC1. The van der Waals surface area contributed by atoms with E-state index < -0.39 is 0 Å². The van der Waals surface area contributed by atoms with E-state index in [1.165, 1.54) is 24.9 Å². The Balaban J connectivity index is 1.61. The van der Waals surface area contributed by atoms with Gasteiger partial charge in [0, 0.05) is 31.2 Å². The number of hydrogen-bond acceptors (Lipinski definition) is 2. The van der Waals surface area contributed by atoms with Crippen LogP contribution in [0.25, 0.3) is 0 Å². The summed E-state index contributed by atoms with van der Waals surface area (Å²) in [6.07, 6.45) is 4.00. The number of rotatable bonds is 3. The van der Waals surface area contributed by atoms with E-state index in [0.717, 1.165) is 25.0 Å². The monoisotopic (exact) mass is 230 g/mol. The van der Waals surface area contributed by atoms with Crippen LogP contribution < -0.4 is 5.32 Å². The van der Waals surface area contributed by atoms with Crippen LogP contribution in [0.2, 0.25) is 0 Å². The second-order valence-electron chi connectivity index (χ2n) is 5.57. The van der Waals surface area contributed by atoms with Gasteiger partial charge in [0.15, 0.2) is 0 Å². The smallest absolute Gasteiger partial charge is 0.0236 e. The molecule has 92 valence electrons. The lowest BCUT2D eigenvalue weighted by Crippen LogP contribution is -2.56. The average Bonchev–Trinajstić information content (AvgIpc) is 3.17. The van der Waals surface area contributed by atoms with Crippen LogP contribution in [0.1, 0.15) is 25.3 Å². The van der Waals surface area contributed by atoms with Gasteiger partial charge in [0.25, 0.3) is 0 Å². The van der Waals surface area contributed by atoms with E-state index in [1.54, 1.807) is 0 Å². The number of piperazine rings is 1. The van der Waals surface area contributed by atoms with Gasteiger partial charge in [0.2, 0.25) is 0 Å². The highest BCUT2D eigenvalue weighted by Crippen LogP contribution is 2.30. The molecule has 0 spiro atoms. The molecule has 1 heterocycles. The van der Waals surface area contributed by atoms with Gasteiger partial charge in [-0.25, -0.2) is 0 Å². The van der Waals surface area contributed by atoms with Gasteiger partial charge in [-0.05, 0) is 31.7 Å². The second-order valence-corrected chi connectivity index (χ2v) is 5.57. The van der Waals surface area contributed by atoms with Gasteiger partial charge in [-0.1, -0.05) is 30.3 Å². The first-order valence-electron chi connectivity index (χ1n) is 6.86. The molecule has 1 N–H and O–H groups in total. The highest BCUT2D eigenvalue weighted by Gasteiger charge is 2.35. The summed E-state index contributed by atoms with van der Waals surface area (Å²) in [7, 11) is 0. The van der Waals surface area contributed by atoms with Crippen molar-refractivity contribution in [3.05, 3.63) is 35.9 Å². The summed E-state index contributed by atoms with van der Waals surface area (Å²) in [5.41, 5.74) is 1.45. The van der Waals surface area contributed by atoms with Crippen molar-refractivity contribution in [2.45, 2.75) is 44.3 Å². The molecule has 1 saturated carbocycles. The van der Waals surface area contributed by atoms with Gasteiger partial charge in [0.05, 0.1) is 0 Å². The minimum Gasteiger partial charge on any atom is -0.311 e. The molecule has 1 aromatic rings. The lowest BCUT2D eigenvalue weighted by Gasteiger charge is -2.39. The van der Waals surface area contributed by atoms with Crippen LogP contribution in [0.5, 0.6) is 0 Å². The Morgan fingerprint density at radius 2 is 2.00 bits per heavy atom. The molecular weight excluding hydrogens is 208 g/mol. The quantitative estimate of drug-likeness (QED) is 0.855. The molecule has 0 bridgehead atoms. The van der Waals surface area contributed by atoms with Crippen molar-refractivity contribution in [2.24, 2.45) is 0 Å². The van der Waals surface area contributed by atoms with Gasteiger partial charge in [-0.15, -0.1) is 0 Å². The maximum absolute atomic E-state index is 3.69. The lowest BCUT2D eigenvalue weighted by atomic mass is 10.0. The van der Waals surface area contributed by atoms with E-state index in [9.17, 15) is 0 Å². The summed E-state index contributed by atoms with van der Waals surface area (Å²) in [4.78, 5) is 2.71. The minimum absolute atomic E-state index is 0.634. The van der Waals surface area contributed by atoms with Crippen LogP contribution in [-0.4, -0.2) is 36.1 Å². The van der Waals surface area contributed by atoms with E-state index in [-0.39, 0.29) is 0 Å². The van der Waals surface area contributed by atoms with Crippen molar-refractivity contribution in [1.29, 1.82) is 0 Å². The Hall–Kier alpha value is -0.860. The summed E-state index contributed by atoms with van der Waals surface area (Å²) < 4.78 is 0. The summed E-state index contributed by atoms with van der Waals surface area (Å²) in [5.74, 6) is 0. The fourth-order valence-electron chi connectivity index (χ4n) is 2.90. The van der Waals surface area contributed by atoms with Crippen LogP contribution in [0.3, 0.4) is 0 Å². The second kappa shape index (κ2) is 4.79. The standard InChI is InChI=1S/C15H22N2/c1-12-10-16-14(11-17(12)15-7-8-15)9-13-5-3-2-4-6-13/h2-6,12,14-16H,7-11H2,1H3. The van der Waals surface area contributed by atoms with Gasteiger partial charge < -0.3 is 5.32 Å². The zero-order valence-corrected chi connectivity index (χ0v) is 10.6. The molecule has 2 atom stereocenters. The Morgan fingerprint density at radius 1 is 1.24 bits per heavy atom. The average molecular weight is 230 g/mol. The fourth-order valence-corrected chi connectivity index (χ4v) is 2.90. The van der Waals surface area contributed by atoms with Crippen LogP contribution in [0, 0.1) is 0 Å². The van der Waals surface area contributed by atoms with Gasteiger partial charge >= 0.3 is 0 Å². The molecular formula is C15H22N2. The van der Waals surface area contributed by atoms with Crippen LogP contribution >= 0.6 is 0 Å². The summed E-state index contributed by atoms with van der Waals surface area (Å²) in [6, 6.07) is 13.1. The van der Waals surface area contributed by atoms with Crippen LogP contribution in [0.15, 0.2) is 30.3 Å². The van der Waals surface area contributed by atoms with Crippen molar-refractivity contribution in [3.63, 3.8) is 0 Å². The number of nitrogens with one attached hydrogen (secondary N) is 1. The highest BCUT2D eigenvalue weighted by atomic mass is 15.3. The minimum atomic E-state index is 0.634. The molecule has 1 aliphatic carbocycles. The molecule has 3 rings (SSSR count). The van der Waals surface area contributed by atoms with Crippen molar-refractivity contribution < 1.29 is 0 Å². The normalized spacial score (nSPS) is 30.4. The third-order valence-corrected chi connectivity index (χ3v) is 4.04. The predicted molar refractivity (Wildman–Crippen MR) is 71.1 cm³/mol. The molecule has 2 aliphatic rings. The van der Waals surface area contributed by atoms with E-state index >= 15 is 0 Å². The van der Waals surface area contributed by atoms with Crippen LogP contribution in [0.4, 0.5) is 0 Å². The Morgan fingerprint density at radius 3 is 2.71 bits per heavy atom. The van der Waals surface area contributed by atoms with E-state index in [0.29, 0.717) is 6.04 Å². The molecule has 17 heavy (non-hydrogen) atoms. The molecule has 1 aromatic carbocycles. The molecule has 2 fully saturated rings. The first-order valence-corrected chi connectivity index (χ1v) is 6.86. The van der Waals surface area contributed by atoms with E-state index in [2.05, 4.69) is 47.5 Å². The Bertz CT molecular complexity index is 358. The third-order valence-electron chi connectivity index (χ3n) is 4.04. The lowest BCUT2D eigenvalue weighted by molar-refractivity contribution is 0.132. The molecule has 1 aliphatic heterocycles. The molecule has 2 unspecified atom stereocenters. The zero-order valence-electron chi connectivity index (χ0n) is 10.6. The number of hydrogen-bond donors (Lipinski definition) is 1. The van der Waals surface area contributed by atoms with E-state index in [4.69, 9.17) is 0 Å². The molecule has 1 saturated heterocycles. The van der Waals surface area contributed by atoms with Crippen molar-refractivity contribution in [3.8, 4) is 0 Å². The maximum Gasteiger partial charge on any atom is 0.0236 e. The molecule has 2 nitrogen and oxygen atoms in total. The topological polar surface area (TPSA) is 15.3 Å². The first-order chi connectivity index (χ1) is 8.33. The van der Waals surface area contributed by atoms with E-state index in [1.807, 2.05) is 0 Å². The van der Waals surface area contributed by atoms with Crippen molar-refractivity contribution in [1.82, 2.24) is 10.2 Å². The maximum atomic E-state index is 3.69. The van der Waals surface area contributed by atoms with Crippen molar-refractivity contribution >= 4 is 0 Å². The Kier molecular flexibility index (Phi) is 3.17. The summed E-state index contributed by atoms with van der Waals surface area (Å²) in [5, 5.41) is 3.69. The van der Waals surface area contributed by atoms with Crippen molar-refractivity contribution in [2.75, 3.05) is 13.1 Å². The third kappa shape index (κ3) is 2.70. The first kappa shape index (κ1) is 11.2. The van der Waals surface area contributed by atoms with Crippen LogP contribution in [-0.2, 0) is 6.42 Å². The zero-order chi connectivity index (χ0) is 11.7. The molecule has 0 aromatic heterocycles. The molecule has 0 amide bonds. The predicted octanol–water partition coefficient (Wildman–Crippen LogP) is 2.05. The van der Waals surface area contributed by atoms with Gasteiger partial charge in [-0.3, -0.25) is 4.90 Å². The summed E-state index contributed by atoms with van der Waals surface area (Å²) in [6.45, 7) is 4.72. The highest BCUT2D eigenvalue weighted by molar-refractivity contribution is 5.16. The number of benzene rings is 1. The molecule has 2 heteroatoms. The molecule has 0 radical (unpaired) electrons. The number of nitrogens with zero attached hydrogens (tertiary/aromatic N) is 1. The summed E-state index contributed by atoms with van der Waals surface area (Å²) >= 11 is 0. The van der Waals surface area contributed by atoms with Gasteiger partial charge in [-0.2, -0.15) is 0 Å². The van der Waals surface area contributed by atoms with Gasteiger partial charge in [0.1, 0.15) is 0 Å². The fraction of sp³-hybridized carbons (Fsp3) is 0.600. The Labute approximate surface area is 104 Å². The largest absolute Gasteiger partial charge is 0.311 e.